The molecule has 1 amide bonds. The summed E-state index contributed by atoms with van der Waals surface area (Å²) in [5.41, 5.74) is 3.46. The van der Waals surface area contributed by atoms with Crippen LogP contribution in [0.2, 0.25) is 0 Å². The number of aromatic nitrogens is 1. The lowest BCUT2D eigenvalue weighted by Crippen LogP contribution is -2.45. The maximum atomic E-state index is 14.3. The molecule has 2 aromatic rings. The summed E-state index contributed by atoms with van der Waals surface area (Å²) in [6.07, 6.45) is -2.38. The Hall–Kier alpha value is -2.91. The summed E-state index contributed by atoms with van der Waals surface area (Å²) in [6.45, 7) is 1.37. The van der Waals surface area contributed by atoms with Crippen LogP contribution in [0.15, 0.2) is 35.3 Å². The zero-order valence-corrected chi connectivity index (χ0v) is 15.3. The van der Waals surface area contributed by atoms with Crippen molar-refractivity contribution >= 4 is 11.6 Å². The number of nitrogens with two attached hydrogens (primary N) is 1. The zero-order valence-electron chi connectivity index (χ0n) is 15.3. The number of benzene rings is 1. The highest BCUT2D eigenvalue weighted by Crippen LogP contribution is 2.46. The standard InChI is InChI=1S/C19H18F5N3O2/c1-9(10-3-2-4-11(16(10)20)17(21)22)26-18(29)12-8-27(15(28)7-13(12)25)14-5-6-19(14,23)24/h2-4,7-9,14,17H,5-6,25H2,1H3,(H,26,29)/t9-,14-/m1/s1. The number of carbonyl (C=O) groups is 1. The first-order valence-corrected chi connectivity index (χ1v) is 8.79. The van der Waals surface area contributed by atoms with E-state index in [4.69, 9.17) is 5.73 Å². The Morgan fingerprint density at radius 2 is 1.97 bits per heavy atom. The highest BCUT2D eigenvalue weighted by Gasteiger charge is 2.50. The van der Waals surface area contributed by atoms with Gasteiger partial charge >= 0.3 is 0 Å². The molecular weight excluding hydrogens is 397 g/mol. The van der Waals surface area contributed by atoms with E-state index in [0.717, 1.165) is 22.9 Å². The van der Waals surface area contributed by atoms with Gasteiger partial charge in [0, 0.05) is 24.2 Å². The van der Waals surface area contributed by atoms with Gasteiger partial charge in [0.05, 0.1) is 22.9 Å². The molecule has 5 nitrogen and oxygen atoms in total. The Morgan fingerprint density at radius 3 is 2.52 bits per heavy atom. The maximum Gasteiger partial charge on any atom is 0.268 e. The van der Waals surface area contributed by atoms with Gasteiger partial charge in [-0.1, -0.05) is 18.2 Å². The van der Waals surface area contributed by atoms with Gasteiger partial charge < -0.3 is 15.6 Å². The fraction of sp³-hybridized carbons (Fsp3) is 0.368. The number of nitrogens with one attached hydrogen (secondary N) is 1. The van der Waals surface area contributed by atoms with Crippen LogP contribution in [0.3, 0.4) is 0 Å². The van der Waals surface area contributed by atoms with Gasteiger partial charge in [-0.05, 0) is 13.3 Å². The van der Waals surface area contributed by atoms with Crippen molar-refractivity contribution < 1.29 is 26.7 Å². The molecule has 156 valence electrons. The lowest BCUT2D eigenvalue weighted by Gasteiger charge is -2.37. The first kappa shape index (κ1) is 20.8. The van der Waals surface area contributed by atoms with Crippen molar-refractivity contribution in [2.75, 3.05) is 5.73 Å². The molecule has 0 saturated heterocycles. The molecule has 2 atom stereocenters. The van der Waals surface area contributed by atoms with Crippen LogP contribution in [0, 0.1) is 5.82 Å². The number of pyridine rings is 1. The lowest BCUT2D eigenvalue weighted by atomic mass is 9.87. The van der Waals surface area contributed by atoms with Crippen LogP contribution in [0.25, 0.3) is 0 Å². The van der Waals surface area contributed by atoms with E-state index >= 15 is 0 Å². The number of hydrogen-bond acceptors (Lipinski definition) is 3. The molecule has 1 heterocycles. The van der Waals surface area contributed by atoms with Gasteiger partial charge in [-0.15, -0.1) is 0 Å². The Kier molecular flexibility index (Phi) is 5.38. The number of hydrogen-bond donors (Lipinski definition) is 2. The van der Waals surface area contributed by atoms with E-state index in [9.17, 15) is 31.5 Å². The van der Waals surface area contributed by atoms with E-state index in [-0.39, 0.29) is 29.7 Å². The molecule has 0 radical (unpaired) electrons. The predicted molar refractivity (Wildman–Crippen MR) is 95.6 cm³/mol. The molecule has 3 N–H and O–H groups in total. The third kappa shape index (κ3) is 3.83. The van der Waals surface area contributed by atoms with Crippen LogP contribution in [-0.2, 0) is 0 Å². The molecule has 29 heavy (non-hydrogen) atoms. The first-order valence-electron chi connectivity index (χ1n) is 8.79. The number of amides is 1. The summed E-state index contributed by atoms with van der Waals surface area (Å²) in [4.78, 5) is 24.6. The molecule has 1 aliphatic rings. The van der Waals surface area contributed by atoms with Crippen molar-refractivity contribution in [1.82, 2.24) is 9.88 Å². The van der Waals surface area contributed by atoms with E-state index < -0.39 is 47.3 Å². The van der Waals surface area contributed by atoms with Crippen molar-refractivity contribution in [2.45, 2.75) is 44.2 Å². The molecule has 0 unspecified atom stereocenters. The Morgan fingerprint density at radius 1 is 1.31 bits per heavy atom. The fourth-order valence-electron chi connectivity index (χ4n) is 3.25. The summed E-state index contributed by atoms with van der Waals surface area (Å²) in [5, 5.41) is 2.40. The van der Waals surface area contributed by atoms with Crippen molar-refractivity contribution in [3.63, 3.8) is 0 Å². The number of nitrogens with zero attached hydrogens (tertiary/aromatic N) is 1. The van der Waals surface area contributed by atoms with Crippen LogP contribution in [0.5, 0.6) is 0 Å². The van der Waals surface area contributed by atoms with E-state index in [2.05, 4.69) is 5.32 Å². The van der Waals surface area contributed by atoms with E-state index in [0.29, 0.717) is 0 Å². The summed E-state index contributed by atoms with van der Waals surface area (Å²) in [7, 11) is 0. The first-order chi connectivity index (χ1) is 13.5. The number of carbonyl (C=O) groups excluding carboxylic acids is 1. The Balaban J connectivity index is 1.88. The average Bonchev–Trinajstić information content (AvgIpc) is 2.62. The summed E-state index contributed by atoms with van der Waals surface area (Å²) >= 11 is 0. The van der Waals surface area contributed by atoms with Crippen LogP contribution in [0.1, 0.15) is 59.8 Å². The van der Waals surface area contributed by atoms with Crippen molar-refractivity contribution in [3.8, 4) is 0 Å². The van der Waals surface area contributed by atoms with E-state index in [1.807, 2.05) is 0 Å². The smallest absolute Gasteiger partial charge is 0.268 e. The minimum absolute atomic E-state index is 0.0694. The molecule has 0 spiro atoms. The number of rotatable bonds is 5. The number of anilines is 1. The van der Waals surface area contributed by atoms with Gasteiger partial charge in [-0.3, -0.25) is 9.59 Å². The fourth-order valence-corrected chi connectivity index (χ4v) is 3.25. The minimum atomic E-state index is -3.07. The van der Waals surface area contributed by atoms with Gasteiger partial charge in [0.1, 0.15) is 11.9 Å². The largest absolute Gasteiger partial charge is 0.398 e. The molecule has 1 saturated carbocycles. The SMILES string of the molecule is C[C@@H](NC(=O)c1cn([C@@H]2CCC2(F)F)c(=O)cc1N)c1cccc(C(F)F)c1F. The van der Waals surface area contributed by atoms with E-state index in [1.165, 1.54) is 19.1 Å². The zero-order chi connectivity index (χ0) is 21.5. The molecule has 1 aromatic heterocycles. The topological polar surface area (TPSA) is 77.1 Å². The molecule has 1 fully saturated rings. The second-order valence-electron chi connectivity index (χ2n) is 6.95. The van der Waals surface area contributed by atoms with Gasteiger partial charge in [0.2, 0.25) is 0 Å². The summed E-state index contributed by atoms with van der Waals surface area (Å²) in [5.74, 6) is -5.07. The van der Waals surface area contributed by atoms with Gasteiger partial charge in [-0.25, -0.2) is 22.0 Å². The second kappa shape index (κ2) is 7.49. The highest BCUT2D eigenvalue weighted by atomic mass is 19.3. The maximum absolute atomic E-state index is 14.3. The van der Waals surface area contributed by atoms with Gasteiger partial charge in [0.15, 0.2) is 0 Å². The molecule has 0 bridgehead atoms. The number of halogens is 5. The second-order valence-corrected chi connectivity index (χ2v) is 6.95. The molecule has 3 rings (SSSR count). The molecule has 10 heteroatoms. The lowest BCUT2D eigenvalue weighted by molar-refractivity contribution is -0.123. The normalized spacial score (nSPS) is 18.9. The third-order valence-electron chi connectivity index (χ3n) is 5.04. The quantitative estimate of drug-likeness (QED) is 0.726. The van der Waals surface area contributed by atoms with Crippen molar-refractivity contribution in [2.24, 2.45) is 0 Å². The Bertz CT molecular complexity index is 1010. The Labute approximate surface area is 162 Å². The summed E-state index contributed by atoms with van der Waals surface area (Å²) < 4.78 is 68.2. The van der Waals surface area contributed by atoms with Crippen LogP contribution in [0.4, 0.5) is 27.6 Å². The third-order valence-corrected chi connectivity index (χ3v) is 5.04. The minimum Gasteiger partial charge on any atom is -0.398 e. The van der Waals surface area contributed by atoms with Crippen molar-refractivity contribution in [1.29, 1.82) is 0 Å². The number of alkyl halides is 4. The summed E-state index contributed by atoms with van der Waals surface area (Å²) in [6, 6.07) is 1.88. The van der Waals surface area contributed by atoms with Crippen LogP contribution < -0.4 is 16.6 Å². The average molecular weight is 415 g/mol. The molecule has 1 aromatic carbocycles. The monoisotopic (exact) mass is 415 g/mol. The molecule has 1 aliphatic carbocycles. The predicted octanol–water partition coefficient (Wildman–Crippen LogP) is 3.97. The highest BCUT2D eigenvalue weighted by molar-refractivity contribution is 5.99. The molecular formula is C19H18F5N3O2. The number of nitrogen functional groups attached to an aromatic ring is 1. The van der Waals surface area contributed by atoms with Crippen LogP contribution in [-0.4, -0.2) is 16.4 Å². The van der Waals surface area contributed by atoms with Gasteiger partial charge in [-0.2, -0.15) is 0 Å². The van der Waals surface area contributed by atoms with E-state index in [1.54, 1.807) is 0 Å². The van der Waals surface area contributed by atoms with Crippen molar-refractivity contribution in [3.05, 3.63) is 63.3 Å². The van der Waals surface area contributed by atoms with Crippen LogP contribution >= 0.6 is 0 Å². The van der Waals surface area contributed by atoms with Gasteiger partial charge in [0.25, 0.3) is 23.8 Å². The molecule has 0 aliphatic heterocycles.